The topological polar surface area (TPSA) is 109 Å². The number of carboxylic acid groups (broad SMARTS) is 2. The van der Waals surface area contributed by atoms with Gasteiger partial charge < -0.3 is 10.2 Å². The van der Waals surface area contributed by atoms with Gasteiger partial charge in [-0.05, 0) is 25.7 Å². The standard InChI is InChI=1S/C22H38O6S2/c1-5-7-9-17(23)13-15(3)29-19(21(25)26)11-12-20(22(27)28)30-16(4)14-18(24)10-8-6-2/h15-16,19-20H,5-14H2,1-4H3,(H,25,26)(H,27,28). The Morgan fingerprint density at radius 1 is 0.700 bits per heavy atom. The molecule has 2 N–H and O–H groups in total. The highest BCUT2D eigenvalue weighted by Gasteiger charge is 2.27. The monoisotopic (exact) mass is 462 g/mol. The van der Waals surface area contributed by atoms with Gasteiger partial charge >= 0.3 is 11.9 Å². The molecule has 0 saturated heterocycles. The highest BCUT2D eigenvalue weighted by atomic mass is 32.2. The highest BCUT2D eigenvalue weighted by molar-refractivity contribution is 8.01. The van der Waals surface area contributed by atoms with E-state index < -0.39 is 22.4 Å². The van der Waals surface area contributed by atoms with Crippen LogP contribution >= 0.6 is 23.5 Å². The van der Waals surface area contributed by atoms with Gasteiger partial charge in [-0.1, -0.05) is 40.5 Å². The lowest BCUT2D eigenvalue weighted by molar-refractivity contribution is -0.138. The van der Waals surface area contributed by atoms with E-state index >= 15 is 0 Å². The largest absolute Gasteiger partial charge is 0.480 e. The van der Waals surface area contributed by atoms with E-state index in [-0.39, 0.29) is 34.9 Å². The number of carbonyl (C=O) groups is 4. The predicted octanol–water partition coefficient (Wildman–Crippen LogP) is 5.22. The summed E-state index contributed by atoms with van der Waals surface area (Å²) in [7, 11) is 0. The third kappa shape index (κ3) is 14.1. The molecule has 0 heterocycles. The maximum atomic E-state index is 11.9. The number of rotatable bonds is 19. The first-order valence-corrected chi connectivity index (χ1v) is 12.8. The van der Waals surface area contributed by atoms with Crippen molar-refractivity contribution in [1.29, 1.82) is 0 Å². The molecular formula is C22H38O6S2. The lowest BCUT2D eigenvalue weighted by Gasteiger charge is -2.21. The van der Waals surface area contributed by atoms with E-state index in [1.165, 1.54) is 23.5 Å². The normalized spacial score (nSPS) is 15.2. The van der Waals surface area contributed by atoms with Gasteiger partial charge in [0.2, 0.25) is 0 Å². The zero-order chi connectivity index (χ0) is 23.1. The molecule has 0 spiro atoms. The summed E-state index contributed by atoms with van der Waals surface area (Å²) < 4.78 is 0. The second-order valence-corrected chi connectivity index (χ2v) is 11.1. The quantitative estimate of drug-likeness (QED) is 0.269. The van der Waals surface area contributed by atoms with Gasteiger partial charge in [0.25, 0.3) is 0 Å². The average Bonchev–Trinajstić information content (AvgIpc) is 2.66. The van der Waals surface area contributed by atoms with E-state index in [1.54, 1.807) is 0 Å². The molecule has 0 bridgehead atoms. The molecule has 0 radical (unpaired) electrons. The second kappa shape index (κ2) is 16.6. The van der Waals surface area contributed by atoms with Crippen LogP contribution in [0, 0.1) is 0 Å². The van der Waals surface area contributed by atoms with Crippen molar-refractivity contribution in [2.45, 2.75) is 113 Å². The predicted molar refractivity (Wildman–Crippen MR) is 124 cm³/mol. The van der Waals surface area contributed by atoms with Crippen LogP contribution in [-0.4, -0.2) is 54.7 Å². The fourth-order valence-corrected chi connectivity index (χ4v) is 5.52. The summed E-state index contributed by atoms with van der Waals surface area (Å²) in [4.78, 5) is 47.1. The van der Waals surface area contributed by atoms with Crippen LogP contribution in [-0.2, 0) is 19.2 Å². The van der Waals surface area contributed by atoms with Crippen molar-refractivity contribution in [3.8, 4) is 0 Å². The van der Waals surface area contributed by atoms with E-state index in [1.807, 2.05) is 27.7 Å². The molecule has 0 amide bonds. The molecule has 0 aromatic rings. The molecule has 4 unspecified atom stereocenters. The third-order valence-electron chi connectivity index (χ3n) is 4.68. The maximum Gasteiger partial charge on any atom is 0.316 e. The number of carbonyl (C=O) groups excluding carboxylic acids is 2. The third-order valence-corrected chi connectivity index (χ3v) is 7.48. The number of hydrogen-bond donors (Lipinski definition) is 2. The van der Waals surface area contributed by atoms with Gasteiger partial charge in [-0.25, -0.2) is 0 Å². The Kier molecular flexibility index (Phi) is 16.1. The Hall–Kier alpha value is -1.02. The van der Waals surface area contributed by atoms with Crippen molar-refractivity contribution in [3.05, 3.63) is 0 Å². The van der Waals surface area contributed by atoms with E-state index in [0.29, 0.717) is 25.7 Å². The molecular weight excluding hydrogens is 424 g/mol. The minimum Gasteiger partial charge on any atom is -0.480 e. The van der Waals surface area contributed by atoms with E-state index in [2.05, 4.69) is 0 Å². The SMILES string of the molecule is CCCCC(=O)CC(C)SC(CCC(SC(C)CC(=O)CCCC)C(=O)O)C(=O)O. The van der Waals surface area contributed by atoms with E-state index in [9.17, 15) is 29.4 Å². The van der Waals surface area contributed by atoms with Crippen molar-refractivity contribution in [1.82, 2.24) is 0 Å². The molecule has 0 rings (SSSR count). The lowest BCUT2D eigenvalue weighted by atomic mass is 10.1. The number of Topliss-reactive ketones (excluding diaryl/α,β-unsaturated/α-hetero) is 2. The summed E-state index contributed by atoms with van der Waals surface area (Å²) in [5.74, 6) is -1.68. The van der Waals surface area contributed by atoms with Gasteiger partial charge in [-0.2, -0.15) is 0 Å². The first-order chi connectivity index (χ1) is 14.1. The number of aliphatic carboxylic acids is 2. The van der Waals surface area contributed by atoms with Gasteiger partial charge in [-0.15, -0.1) is 23.5 Å². The maximum absolute atomic E-state index is 11.9. The van der Waals surface area contributed by atoms with Crippen LogP contribution in [0.3, 0.4) is 0 Å². The molecule has 0 aromatic carbocycles. The molecule has 6 nitrogen and oxygen atoms in total. The lowest BCUT2D eigenvalue weighted by Crippen LogP contribution is -2.26. The number of hydrogen-bond acceptors (Lipinski definition) is 6. The molecule has 0 aliphatic carbocycles. The van der Waals surface area contributed by atoms with E-state index in [0.717, 1.165) is 25.7 Å². The molecule has 8 heteroatoms. The Balaban J connectivity index is 4.66. The molecule has 30 heavy (non-hydrogen) atoms. The molecule has 0 fully saturated rings. The number of carboxylic acids is 2. The summed E-state index contributed by atoms with van der Waals surface area (Å²) in [5.41, 5.74) is 0. The van der Waals surface area contributed by atoms with Gasteiger partial charge in [-0.3, -0.25) is 19.2 Å². The van der Waals surface area contributed by atoms with Crippen molar-refractivity contribution in [2.24, 2.45) is 0 Å². The summed E-state index contributed by atoms with van der Waals surface area (Å²) >= 11 is 2.46. The number of unbranched alkanes of at least 4 members (excludes halogenated alkanes) is 2. The highest BCUT2D eigenvalue weighted by Crippen LogP contribution is 2.30. The summed E-state index contributed by atoms with van der Waals surface area (Å²) in [6, 6.07) is 0. The minimum atomic E-state index is -0.982. The van der Waals surface area contributed by atoms with Crippen LogP contribution in [0.2, 0.25) is 0 Å². The molecule has 174 valence electrons. The molecule has 4 atom stereocenters. The first kappa shape index (κ1) is 29.0. The summed E-state index contributed by atoms with van der Waals surface area (Å²) in [6.45, 7) is 7.73. The van der Waals surface area contributed by atoms with E-state index in [4.69, 9.17) is 0 Å². The minimum absolute atomic E-state index is 0.124. The van der Waals surface area contributed by atoms with Gasteiger partial charge in [0, 0.05) is 36.2 Å². The number of ketones is 2. The van der Waals surface area contributed by atoms with Crippen molar-refractivity contribution < 1.29 is 29.4 Å². The molecule has 0 aliphatic rings. The Morgan fingerprint density at radius 3 is 1.30 bits per heavy atom. The zero-order valence-electron chi connectivity index (χ0n) is 18.7. The molecule has 0 aliphatic heterocycles. The van der Waals surface area contributed by atoms with Crippen LogP contribution in [0.4, 0.5) is 0 Å². The molecule has 0 saturated carbocycles. The Labute approximate surface area is 189 Å². The van der Waals surface area contributed by atoms with Gasteiger partial charge in [0.15, 0.2) is 0 Å². The van der Waals surface area contributed by atoms with Gasteiger partial charge in [0.05, 0.1) is 0 Å². The smallest absolute Gasteiger partial charge is 0.316 e. The van der Waals surface area contributed by atoms with Crippen LogP contribution in [0.5, 0.6) is 0 Å². The summed E-state index contributed by atoms with van der Waals surface area (Å²) in [6.07, 6.45) is 5.72. The molecule has 0 aromatic heterocycles. The Bertz CT molecular complexity index is 504. The fourth-order valence-electron chi connectivity index (χ4n) is 3.05. The fraction of sp³-hybridized carbons (Fsp3) is 0.818. The summed E-state index contributed by atoms with van der Waals surface area (Å²) in [5, 5.41) is 17.3. The Morgan fingerprint density at radius 2 is 1.03 bits per heavy atom. The van der Waals surface area contributed by atoms with Crippen LogP contribution < -0.4 is 0 Å². The van der Waals surface area contributed by atoms with Crippen molar-refractivity contribution >= 4 is 47.0 Å². The number of thioether (sulfide) groups is 2. The van der Waals surface area contributed by atoms with Crippen LogP contribution in [0.1, 0.15) is 91.9 Å². The first-order valence-electron chi connectivity index (χ1n) is 10.9. The van der Waals surface area contributed by atoms with Crippen LogP contribution in [0.15, 0.2) is 0 Å². The van der Waals surface area contributed by atoms with Crippen LogP contribution in [0.25, 0.3) is 0 Å². The van der Waals surface area contributed by atoms with Crippen molar-refractivity contribution in [3.63, 3.8) is 0 Å². The van der Waals surface area contributed by atoms with Crippen molar-refractivity contribution in [2.75, 3.05) is 0 Å². The zero-order valence-corrected chi connectivity index (χ0v) is 20.4. The van der Waals surface area contributed by atoms with Gasteiger partial charge in [0.1, 0.15) is 22.1 Å². The second-order valence-electron chi connectivity index (χ2n) is 7.82. The average molecular weight is 463 g/mol.